The molecule has 0 bridgehead atoms. The molecule has 0 saturated carbocycles. The highest BCUT2D eigenvalue weighted by atomic mass is 16.5. The van der Waals surface area contributed by atoms with Crippen LogP contribution < -0.4 is 10.1 Å². The Kier molecular flexibility index (Phi) is 5.61. The quantitative estimate of drug-likeness (QED) is 0.889. The van der Waals surface area contributed by atoms with Crippen molar-refractivity contribution < 1.29 is 9.53 Å². The number of benzene rings is 1. The molecule has 0 fully saturated rings. The van der Waals surface area contributed by atoms with E-state index in [0.717, 1.165) is 17.7 Å². The third kappa shape index (κ3) is 3.99. The fraction of sp³-hybridized carbons (Fsp3) is 0.588. The molecular formula is C17H27NO2. The van der Waals surface area contributed by atoms with Crippen molar-refractivity contribution in [2.45, 2.75) is 41.0 Å². The van der Waals surface area contributed by atoms with Gasteiger partial charge in [0.15, 0.2) is 0 Å². The Morgan fingerprint density at radius 2 is 2.00 bits per heavy atom. The van der Waals surface area contributed by atoms with E-state index in [0.29, 0.717) is 18.0 Å². The number of hydrogen-bond donors (Lipinski definition) is 1. The molecule has 0 heterocycles. The maximum Gasteiger partial charge on any atom is 0.251 e. The highest BCUT2D eigenvalue weighted by Crippen LogP contribution is 2.28. The minimum absolute atomic E-state index is 0.0240. The number of methoxy groups -OCH3 is 1. The number of ether oxygens (including phenoxy) is 1. The first-order chi connectivity index (χ1) is 9.31. The van der Waals surface area contributed by atoms with E-state index >= 15 is 0 Å². The monoisotopic (exact) mass is 277 g/mol. The summed E-state index contributed by atoms with van der Waals surface area (Å²) in [6.45, 7) is 11.4. The number of hydrogen-bond acceptors (Lipinski definition) is 2. The highest BCUT2D eigenvalue weighted by molar-refractivity contribution is 5.96. The lowest BCUT2D eigenvalue weighted by molar-refractivity contribution is 0.0931. The number of carbonyl (C=O) groups is 1. The second-order valence-corrected chi connectivity index (χ2v) is 6.31. The van der Waals surface area contributed by atoms with Crippen LogP contribution in [-0.2, 0) is 0 Å². The van der Waals surface area contributed by atoms with Gasteiger partial charge in [0.05, 0.1) is 7.11 Å². The number of nitrogens with one attached hydrogen (secondary N) is 1. The van der Waals surface area contributed by atoms with Crippen LogP contribution in [0.4, 0.5) is 0 Å². The van der Waals surface area contributed by atoms with Crippen LogP contribution in [0.25, 0.3) is 0 Å². The maximum absolute atomic E-state index is 12.3. The Bertz CT molecular complexity index is 461. The summed E-state index contributed by atoms with van der Waals surface area (Å²) in [6.07, 6.45) is 1.06. The van der Waals surface area contributed by atoms with Crippen molar-refractivity contribution in [3.05, 3.63) is 29.3 Å². The molecule has 1 amide bonds. The molecule has 1 N–H and O–H groups in total. The van der Waals surface area contributed by atoms with Gasteiger partial charge >= 0.3 is 0 Å². The molecule has 1 aromatic rings. The fourth-order valence-electron chi connectivity index (χ4n) is 2.46. The van der Waals surface area contributed by atoms with Crippen molar-refractivity contribution in [2.75, 3.05) is 13.7 Å². The molecule has 0 aromatic heterocycles. The van der Waals surface area contributed by atoms with Gasteiger partial charge in [0.2, 0.25) is 0 Å². The molecule has 0 aliphatic heterocycles. The van der Waals surface area contributed by atoms with Gasteiger partial charge in [-0.15, -0.1) is 0 Å². The Labute approximate surface area is 122 Å². The summed E-state index contributed by atoms with van der Waals surface area (Å²) in [5, 5.41) is 3.05. The second kappa shape index (κ2) is 6.78. The van der Waals surface area contributed by atoms with E-state index in [1.807, 2.05) is 25.1 Å². The van der Waals surface area contributed by atoms with E-state index in [2.05, 4.69) is 33.0 Å². The maximum atomic E-state index is 12.3. The Balaban J connectivity index is 2.77. The smallest absolute Gasteiger partial charge is 0.251 e. The molecule has 0 radical (unpaired) electrons. The van der Waals surface area contributed by atoms with Crippen LogP contribution in [0.15, 0.2) is 18.2 Å². The van der Waals surface area contributed by atoms with Crippen molar-refractivity contribution in [2.24, 2.45) is 11.3 Å². The van der Waals surface area contributed by atoms with E-state index in [4.69, 9.17) is 4.74 Å². The SMILES string of the molecule is CCC(CNC(=O)c1cccc(OC)c1C)C(C)(C)C. The van der Waals surface area contributed by atoms with Crippen molar-refractivity contribution in [3.63, 3.8) is 0 Å². The van der Waals surface area contributed by atoms with Crippen LogP contribution in [0, 0.1) is 18.3 Å². The fourth-order valence-corrected chi connectivity index (χ4v) is 2.46. The standard InChI is InChI=1S/C17H27NO2/c1-7-13(17(3,4)5)11-18-16(19)14-9-8-10-15(20-6)12(14)2/h8-10,13H,7,11H2,1-6H3,(H,18,19). The molecule has 20 heavy (non-hydrogen) atoms. The van der Waals surface area contributed by atoms with Crippen LogP contribution in [0.1, 0.15) is 50.0 Å². The van der Waals surface area contributed by atoms with Crippen LogP contribution in [0.5, 0.6) is 5.75 Å². The first kappa shape index (κ1) is 16.5. The Morgan fingerprint density at radius 3 is 2.50 bits per heavy atom. The largest absolute Gasteiger partial charge is 0.496 e. The van der Waals surface area contributed by atoms with Crippen molar-refractivity contribution >= 4 is 5.91 Å². The summed E-state index contributed by atoms with van der Waals surface area (Å²) in [5.74, 6) is 1.20. The molecule has 112 valence electrons. The minimum atomic E-state index is -0.0240. The molecule has 1 atom stereocenters. The average molecular weight is 277 g/mol. The molecule has 1 aromatic carbocycles. The van der Waals surface area contributed by atoms with Gasteiger partial charge in [0.25, 0.3) is 5.91 Å². The van der Waals surface area contributed by atoms with Crippen LogP contribution in [-0.4, -0.2) is 19.6 Å². The summed E-state index contributed by atoms with van der Waals surface area (Å²) in [5.41, 5.74) is 1.77. The first-order valence-electron chi connectivity index (χ1n) is 7.23. The van der Waals surface area contributed by atoms with Crippen molar-refractivity contribution in [1.29, 1.82) is 0 Å². The van der Waals surface area contributed by atoms with Crippen molar-refractivity contribution in [1.82, 2.24) is 5.32 Å². The normalized spacial score (nSPS) is 12.9. The third-order valence-corrected chi connectivity index (χ3v) is 3.98. The zero-order valence-electron chi connectivity index (χ0n) is 13.5. The minimum Gasteiger partial charge on any atom is -0.496 e. The van der Waals surface area contributed by atoms with E-state index in [9.17, 15) is 4.79 Å². The lowest BCUT2D eigenvalue weighted by Crippen LogP contribution is -2.35. The number of carbonyl (C=O) groups excluding carboxylic acids is 1. The van der Waals surface area contributed by atoms with Crippen LogP contribution >= 0.6 is 0 Å². The van der Waals surface area contributed by atoms with E-state index in [1.54, 1.807) is 7.11 Å². The molecule has 0 aliphatic carbocycles. The van der Waals surface area contributed by atoms with Gasteiger partial charge in [0.1, 0.15) is 5.75 Å². The second-order valence-electron chi connectivity index (χ2n) is 6.31. The van der Waals surface area contributed by atoms with Gasteiger partial charge in [-0.1, -0.05) is 40.2 Å². The van der Waals surface area contributed by atoms with E-state index in [-0.39, 0.29) is 11.3 Å². The molecule has 0 spiro atoms. The third-order valence-electron chi connectivity index (χ3n) is 3.98. The molecule has 0 aliphatic rings. The zero-order chi connectivity index (χ0) is 15.3. The summed E-state index contributed by atoms with van der Waals surface area (Å²) in [4.78, 5) is 12.3. The predicted molar refractivity (Wildman–Crippen MR) is 83.3 cm³/mol. The van der Waals surface area contributed by atoms with Gasteiger partial charge in [-0.3, -0.25) is 4.79 Å². The van der Waals surface area contributed by atoms with Gasteiger partial charge in [-0.25, -0.2) is 0 Å². The lowest BCUT2D eigenvalue weighted by Gasteiger charge is -2.30. The Hall–Kier alpha value is -1.51. The van der Waals surface area contributed by atoms with E-state index < -0.39 is 0 Å². The lowest BCUT2D eigenvalue weighted by atomic mass is 9.79. The molecule has 3 heteroatoms. The molecule has 1 rings (SSSR count). The molecular weight excluding hydrogens is 250 g/mol. The molecule has 0 saturated heterocycles. The van der Waals surface area contributed by atoms with Crippen LogP contribution in [0.3, 0.4) is 0 Å². The number of rotatable bonds is 5. The average Bonchev–Trinajstić information content (AvgIpc) is 2.37. The predicted octanol–water partition coefficient (Wildman–Crippen LogP) is 3.81. The zero-order valence-corrected chi connectivity index (χ0v) is 13.5. The topological polar surface area (TPSA) is 38.3 Å². The van der Waals surface area contributed by atoms with Gasteiger partial charge in [0, 0.05) is 17.7 Å². The van der Waals surface area contributed by atoms with E-state index in [1.165, 1.54) is 0 Å². The molecule has 1 unspecified atom stereocenters. The number of amides is 1. The van der Waals surface area contributed by atoms with Gasteiger partial charge < -0.3 is 10.1 Å². The summed E-state index contributed by atoms with van der Waals surface area (Å²) in [6, 6.07) is 5.56. The van der Waals surface area contributed by atoms with Crippen molar-refractivity contribution in [3.8, 4) is 5.75 Å². The summed E-state index contributed by atoms with van der Waals surface area (Å²) < 4.78 is 5.26. The highest BCUT2D eigenvalue weighted by Gasteiger charge is 2.23. The Morgan fingerprint density at radius 1 is 1.35 bits per heavy atom. The van der Waals surface area contributed by atoms with Gasteiger partial charge in [-0.2, -0.15) is 0 Å². The van der Waals surface area contributed by atoms with Gasteiger partial charge in [-0.05, 0) is 30.4 Å². The molecule has 3 nitrogen and oxygen atoms in total. The first-order valence-corrected chi connectivity index (χ1v) is 7.23. The summed E-state index contributed by atoms with van der Waals surface area (Å²) in [7, 11) is 1.62. The summed E-state index contributed by atoms with van der Waals surface area (Å²) >= 11 is 0. The van der Waals surface area contributed by atoms with Crippen LogP contribution in [0.2, 0.25) is 0 Å².